The number of hydrogen-bond acceptors (Lipinski definition) is 4. The number of aryl methyl sites for hydroxylation is 2. The molecule has 0 unspecified atom stereocenters. The number of carboxylic acids is 1. The third-order valence-electron chi connectivity index (χ3n) is 2.70. The van der Waals surface area contributed by atoms with Crippen molar-refractivity contribution >= 4 is 23.6 Å². The Morgan fingerprint density at radius 2 is 2.00 bits per heavy atom. The van der Waals surface area contributed by atoms with Gasteiger partial charge in [0, 0.05) is 19.7 Å². The lowest BCUT2D eigenvalue weighted by atomic mass is 9.89. The average Bonchev–Trinajstić information content (AvgIpc) is 2.55. The number of urea groups is 1. The van der Waals surface area contributed by atoms with Crippen molar-refractivity contribution in [2.24, 2.45) is 12.5 Å². The van der Waals surface area contributed by atoms with Crippen LogP contribution in [0.1, 0.15) is 26.0 Å². The van der Waals surface area contributed by atoms with Crippen LogP contribution < -0.4 is 10.6 Å². The maximum Gasteiger partial charge on any atom is 0.325 e. The molecule has 0 radical (unpaired) electrons. The van der Waals surface area contributed by atoms with Crippen molar-refractivity contribution in [2.45, 2.75) is 27.2 Å². The van der Waals surface area contributed by atoms with Gasteiger partial charge in [-0.05, 0) is 20.8 Å². The van der Waals surface area contributed by atoms with Gasteiger partial charge in [0.1, 0.15) is 0 Å². The van der Waals surface area contributed by atoms with Gasteiger partial charge in [0.25, 0.3) is 0 Å². The summed E-state index contributed by atoms with van der Waals surface area (Å²) in [5, 5.41) is 17.5. The first-order valence-electron chi connectivity index (χ1n) is 5.96. The molecule has 1 rings (SSSR count). The number of imide groups is 1. The molecular weight excluding hydrogens is 264 g/mol. The highest BCUT2D eigenvalue weighted by Gasteiger charge is 2.30. The quantitative estimate of drug-likeness (QED) is 0.758. The molecule has 0 saturated heterocycles. The average molecular weight is 282 g/mol. The molecule has 0 aliphatic carbocycles. The van der Waals surface area contributed by atoms with E-state index in [1.165, 1.54) is 18.5 Å². The zero-order valence-electron chi connectivity index (χ0n) is 11.9. The van der Waals surface area contributed by atoms with Gasteiger partial charge in [-0.25, -0.2) is 4.79 Å². The molecule has 8 heteroatoms. The van der Waals surface area contributed by atoms with Crippen LogP contribution in [0.5, 0.6) is 0 Å². The minimum absolute atomic E-state index is 0.290. The van der Waals surface area contributed by atoms with E-state index in [4.69, 9.17) is 5.11 Å². The maximum absolute atomic E-state index is 11.6. The zero-order valence-corrected chi connectivity index (χ0v) is 11.9. The van der Waals surface area contributed by atoms with Crippen LogP contribution in [0, 0.1) is 12.3 Å². The Morgan fingerprint density at radius 1 is 1.40 bits per heavy atom. The number of anilines is 1. The Bertz CT molecular complexity index is 548. The van der Waals surface area contributed by atoms with Crippen molar-refractivity contribution in [3.8, 4) is 0 Å². The van der Waals surface area contributed by atoms with Gasteiger partial charge in [-0.2, -0.15) is 5.10 Å². The molecule has 8 nitrogen and oxygen atoms in total. The molecule has 20 heavy (non-hydrogen) atoms. The van der Waals surface area contributed by atoms with Gasteiger partial charge in [0.15, 0.2) is 0 Å². The topological polar surface area (TPSA) is 113 Å². The summed E-state index contributed by atoms with van der Waals surface area (Å²) in [4.78, 5) is 34.1. The van der Waals surface area contributed by atoms with Gasteiger partial charge >= 0.3 is 12.0 Å². The summed E-state index contributed by atoms with van der Waals surface area (Å²) in [6.45, 7) is 4.54. The molecule has 0 aliphatic heterocycles. The summed E-state index contributed by atoms with van der Waals surface area (Å²) in [6.07, 6.45) is 1.31. The Labute approximate surface area is 116 Å². The molecule has 0 fully saturated rings. The number of nitrogens with zero attached hydrogens (tertiary/aromatic N) is 2. The van der Waals surface area contributed by atoms with Gasteiger partial charge in [0.2, 0.25) is 5.91 Å². The van der Waals surface area contributed by atoms with Crippen molar-refractivity contribution in [3.05, 3.63) is 11.9 Å². The van der Waals surface area contributed by atoms with Crippen LogP contribution >= 0.6 is 0 Å². The molecule has 110 valence electrons. The number of carboxylic acid groups (broad SMARTS) is 1. The van der Waals surface area contributed by atoms with E-state index in [0.717, 1.165) is 0 Å². The Morgan fingerprint density at radius 3 is 2.45 bits per heavy atom. The number of aromatic nitrogens is 2. The van der Waals surface area contributed by atoms with Gasteiger partial charge in [-0.3, -0.25) is 19.6 Å². The Kier molecular flexibility index (Phi) is 4.49. The van der Waals surface area contributed by atoms with Crippen LogP contribution in [-0.2, 0) is 16.6 Å². The van der Waals surface area contributed by atoms with Crippen molar-refractivity contribution in [1.82, 2.24) is 15.1 Å². The second kappa shape index (κ2) is 5.72. The number of carbonyl (C=O) groups excluding carboxylic acids is 2. The van der Waals surface area contributed by atoms with Crippen molar-refractivity contribution < 1.29 is 19.5 Å². The Hall–Kier alpha value is -2.38. The largest absolute Gasteiger partial charge is 0.481 e. The van der Waals surface area contributed by atoms with E-state index in [0.29, 0.717) is 11.4 Å². The van der Waals surface area contributed by atoms with E-state index in [2.05, 4.69) is 15.7 Å². The highest BCUT2D eigenvalue weighted by Crippen LogP contribution is 2.20. The van der Waals surface area contributed by atoms with Crippen LogP contribution in [0.4, 0.5) is 10.5 Å². The number of nitrogens with one attached hydrogen (secondary N) is 2. The van der Waals surface area contributed by atoms with Crippen molar-refractivity contribution in [2.75, 3.05) is 5.32 Å². The lowest BCUT2D eigenvalue weighted by Crippen LogP contribution is -2.38. The van der Waals surface area contributed by atoms with Gasteiger partial charge in [-0.1, -0.05) is 0 Å². The van der Waals surface area contributed by atoms with Gasteiger partial charge in [0.05, 0.1) is 16.8 Å². The fourth-order valence-electron chi connectivity index (χ4n) is 1.52. The third kappa shape index (κ3) is 4.08. The SMILES string of the molecule is Cc1nn(C)cc1NC(=O)NC(=O)CC(C)(C)C(=O)O. The fourth-order valence-corrected chi connectivity index (χ4v) is 1.52. The molecule has 1 aromatic rings. The molecule has 0 saturated carbocycles. The monoisotopic (exact) mass is 282 g/mol. The first-order valence-corrected chi connectivity index (χ1v) is 5.96. The van der Waals surface area contributed by atoms with Crippen molar-refractivity contribution in [3.63, 3.8) is 0 Å². The normalized spacial score (nSPS) is 11.0. The summed E-state index contributed by atoms with van der Waals surface area (Å²) >= 11 is 0. The fraction of sp³-hybridized carbons (Fsp3) is 0.500. The molecule has 1 aromatic heterocycles. The van der Waals surface area contributed by atoms with E-state index in [9.17, 15) is 14.4 Å². The molecule has 1 heterocycles. The van der Waals surface area contributed by atoms with Crippen LogP contribution in [0.3, 0.4) is 0 Å². The van der Waals surface area contributed by atoms with Gasteiger partial charge < -0.3 is 10.4 Å². The smallest absolute Gasteiger partial charge is 0.325 e. The van der Waals surface area contributed by atoms with Gasteiger partial charge in [-0.15, -0.1) is 0 Å². The predicted molar refractivity (Wildman–Crippen MR) is 71.1 cm³/mol. The maximum atomic E-state index is 11.6. The summed E-state index contributed by atoms with van der Waals surface area (Å²) in [5.74, 6) is -1.76. The first kappa shape index (κ1) is 15.7. The molecule has 3 N–H and O–H groups in total. The van der Waals surface area contributed by atoms with Crippen LogP contribution in [0.25, 0.3) is 0 Å². The highest BCUT2D eigenvalue weighted by atomic mass is 16.4. The van der Waals surface area contributed by atoms with E-state index in [1.54, 1.807) is 20.2 Å². The zero-order chi connectivity index (χ0) is 15.5. The highest BCUT2D eigenvalue weighted by molar-refractivity contribution is 6.02. The van der Waals surface area contributed by atoms with Crippen LogP contribution in [0.2, 0.25) is 0 Å². The second-order valence-electron chi connectivity index (χ2n) is 5.17. The predicted octanol–water partition coefficient (Wildman–Crippen LogP) is 0.878. The summed E-state index contributed by atoms with van der Waals surface area (Å²) in [6, 6.07) is -0.715. The van der Waals surface area contributed by atoms with E-state index in [-0.39, 0.29) is 6.42 Å². The van der Waals surface area contributed by atoms with Crippen LogP contribution in [-0.4, -0.2) is 32.8 Å². The molecule has 0 aromatic carbocycles. The molecule has 0 bridgehead atoms. The minimum Gasteiger partial charge on any atom is -0.481 e. The second-order valence-corrected chi connectivity index (χ2v) is 5.17. The molecule has 3 amide bonds. The minimum atomic E-state index is -1.23. The van der Waals surface area contributed by atoms with E-state index >= 15 is 0 Å². The number of aliphatic carboxylic acids is 1. The molecule has 0 aliphatic rings. The molecule has 0 spiro atoms. The number of carbonyl (C=O) groups is 3. The standard InChI is InChI=1S/C12H18N4O4/c1-7-8(6-16(4)15-7)13-11(20)14-9(17)5-12(2,3)10(18)19/h6H,5H2,1-4H3,(H,18,19)(H2,13,14,17,20). The third-order valence-corrected chi connectivity index (χ3v) is 2.70. The summed E-state index contributed by atoms with van der Waals surface area (Å²) in [7, 11) is 1.70. The lowest BCUT2D eigenvalue weighted by Gasteiger charge is -2.17. The Balaban J connectivity index is 2.57. The van der Waals surface area contributed by atoms with E-state index < -0.39 is 23.3 Å². The lowest BCUT2D eigenvalue weighted by molar-refractivity contribution is -0.149. The number of rotatable bonds is 4. The first-order chi connectivity index (χ1) is 9.11. The summed E-state index contributed by atoms with van der Waals surface area (Å²) in [5.41, 5.74) is -0.134. The molecular formula is C12H18N4O4. The number of hydrogen-bond donors (Lipinski definition) is 3. The summed E-state index contributed by atoms with van der Waals surface area (Å²) < 4.78 is 1.53. The van der Waals surface area contributed by atoms with Crippen molar-refractivity contribution in [1.29, 1.82) is 0 Å². The number of amides is 3. The van der Waals surface area contributed by atoms with Crippen LogP contribution in [0.15, 0.2) is 6.20 Å². The molecule has 0 atom stereocenters. The van der Waals surface area contributed by atoms with E-state index in [1.807, 2.05) is 0 Å².